The van der Waals surface area contributed by atoms with E-state index >= 15 is 0 Å². The lowest BCUT2D eigenvalue weighted by Crippen LogP contribution is -2.15. The lowest BCUT2D eigenvalue weighted by atomic mass is 9.99. The van der Waals surface area contributed by atoms with Gasteiger partial charge in [-0.25, -0.2) is 0 Å². The minimum absolute atomic E-state index is 0.150. The Labute approximate surface area is 57.4 Å². The molecule has 0 aromatic rings. The quantitative estimate of drug-likeness (QED) is 0.574. The molecule has 2 atom stereocenters. The van der Waals surface area contributed by atoms with Crippen LogP contribution in [0.4, 0.5) is 0 Å². The summed E-state index contributed by atoms with van der Waals surface area (Å²) in [6.45, 7) is 7.63. The van der Waals surface area contributed by atoms with Crippen molar-refractivity contribution in [3.8, 4) is 0 Å². The molecule has 0 bridgehead atoms. The van der Waals surface area contributed by atoms with Crippen LogP contribution in [0.3, 0.4) is 0 Å². The zero-order valence-electron chi connectivity index (χ0n) is 6.30. The Hall–Kier alpha value is -0.300. The van der Waals surface area contributed by atoms with E-state index in [9.17, 15) is 5.11 Å². The zero-order chi connectivity index (χ0) is 7.28. The second-order valence-electron chi connectivity index (χ2n) is 2.48. The minimum atomic E-state index is -0.150. The molecule has 1 heteroatoms. The van der Waals surface area contributed by atoms with Gasteiger partial charge in [0.25, 0.3) is 0 Å². The van der Waals surface area contributed by atoms with Crippen molar-refractivity contribution < 1.29 is 5.11 Å². The molecule has 0 heterocycles. The molecule has 0 aliphatic rings. The monoisotopic (exact) mass is 128 g/mol. The zero-order valence-corrected chi connectivity index (χ0v) is 6.30. The lowest BCUT2D eigenvalue weighted by molar-refractivity contribution is 0.114. The topological polar surface area (TPSA) is 20.2 Å². The van der Waals surface area contributed by atoms with Gasteiger partial charge in [-0.1, -0.05) is 19.9 Å². The third-order valence-corrected chi connectivity index (χ3v) is 1.61. The number of rotatable bonds is 4. The van der Waals surface area contributed by atoms with Crippen LogP contribution >= 0.6 is 0 Å². The summed E-state index contributed by atoms with van der Waals surface area (Å²) in [5.74, 6) is 0.368. The number of hydrogen-bond acceptors (Lipinski definition) is 1. The summed E-state index contributed by atoms with van der Waals surface area (Å²) in [6, 6.07) is 0. The van der Waals surface area contributed by atoms with Gasteiger partial charge < -0.3 is 5.11 Å². The fraction of sp³-hybridized carbons (Fsp3) is 0.750. The van der Waals surface area contributed by atoms with Crippen LogP contribution in [-0.2, 0) is 0 Å². The molecule has 0 amide bonds. The highest BCUT2D eigenvalue weighted by Gasteiger charge is 2.08. The summed E-state index contributed by atoms with van der Waals surface area (Å²) in [5, 5.41) is 9.21. The lowest BCUT2D eigenvalue weighted by Gasteiger charge is -2.14. The maximum absolute atomic E-state index is 9.21. The van der Waals surface area contributed by atoms with Crippen molar-refractivity contribution in [1.29, 1.82) is 0 Å². The molecule has 0 aliphatic carbocycles. The Morgan fingerprint density at radius 1 is 1.67 bits per heavy atom. The molecular weight excluding hydrogens is 112 g/mol. The number of aliphatic hydroxyl groups excluding tert-OH is 1. The van der Waals surface area contributed by atoms with Crippen LogP contribution in [0.1, 0.15) is 26.7 Å². The molecule has 0 aromatic heterocycles. The fourth-order valence-electron chi connectivity index (χ4n) is 0.822. The second-order valence-corrected chi connectivity index (χ2v) is 2.48. The van der Waals surface area contributed by atoms with Gasteiger partial charge in [-0.3, -0.25) is 0 Å². The Bertz CT molecular complexity index is 78.6. The normalized spacial score (nSPS) is 16.8. The summed E-state index contributed by atoms with van der Waals surface area (Å²) >= 11 is 0. The Balaban J connectivity index is 3.44. The number of hydrogen-bond donors (Lipinski definition) is 1. The van der Waals surface area contributed by atoms with E-state index in [1.54, 1.807) is 0 Å². The second kappa shape index (κ2) is 4.57. The summed E-state index contributed by atoms with van der Waals surface area (Å²) in [4.78, 5) is 0. The summed E-state index contributed by atoms with van der Waals surface area (Å²) in [6.07, 6.45) is 3.45. The van der Waals surface area contributed by atoms with Crippen molar-refractivity contribution in [2.24, 2.45) is 5.92 Å². The standard InChI is InChI=1S/C8H16O/c1-4-6-7(3)8(9)5-2/h4,7-9H,1,5-6H2,2-3H3/t7-,8?/m1/s1. The first-order valence-corrected chi connectivity index (χ1v) is 3.51. The van der Waals surface area contributed by atoms with Gasteiger partial charge in [-0.2, -0.15) is 0 Å². The molecule has 0 saturated carbocycles. The van der Waals surface area contributed by atoms with Crippen molar-refractivity contribution in [3.63, 3.8) is 0 Å². The van der Waals surface area contributed by atoms with Crippen LogP contribution in [0.5, 0.6) is 0 Å². The average Bonchev–Trinajstić information content (AvgIpc) is 1.87. The number of aliphatic hydroxyl groups is 1. The van der Waals surface area contributed by atoms with E-state index in [2.05, 4.69) is 6.58 Å². The molecule has 0 fully saturated rings. The van der Waals surface area contributed by atoms with Crippen LogP contribution in [0.2, 0.25) is 0 Å². The van der Waals surface area contributed by atoms with E-state index in [0.717, 1.165) is 12.8 Å². The Morgan fingerprint density at radius 2 is 2.22 bits per heavy atom. The molecule has 0 aromatic carbocycles. The Morgan fingerprint density at radius 3 is 2.56 bits per heavy atom. The molecule has 0 rings (SSSR count). The van der Waals surface area contributed by atoms with Crippen molar-refractivity contribution in [3.05, 3.63) is 12.7 Å². The molecule has 0 saturated heterocycles. The van der Waals surface area contributed by atoms with Crippen molar-refractivity contribution >= 4 is 0 Å². The predicted molar refractivity (Wildman–Crippen MR) is 40.3 cm³/mol. The van der Waals surface area contributed by atoms with E-state index in [0.29, 0.717) is 5.92 Å². The van der Waals surface area contributed by atoms with Crippen LogP contribution < -0.4 is 0 Å². The highest BCUT2D eigenvalue weighted by Crippen LogP contribution is 2.10. The maximum atomic E-state index is 9.21. The van der Waals surface area contributed by atoms with Crippen LogP contribution in [0.15, 0.2) is 12.7 Å². The third kappa shape index (κ3) is 3.31. The predicted octanol–water partition coefficient (Wildman–Crippen LogP) is 1.97. The van der Waals surface area contributed by atoms with Gasteiger partial charge in [0.1, 0.15) is 0 Å². The highest BCUT2D eigenvalue weighted by molar-refractivity contribution is 4.74. The first-order chi connectivity index (χ1) is 4.22. The van der Waals surface area contributed by atoms with Crippen molar-refractivity contribution in [2.75, 3.05) is 0 Å². The van der Waals surface area contributed by atoms with E-state index in [-0.39, 0.29) is 6.10 Å². The average molecular weight is 128 g/mol. The molecule has 0 radical (unpaired) electrons. The van der Waals surface area contributed by atoms with E-state index in [1.807, 2.05) is 19.9 Å². The van der Waals surface area contributed by atoms with Gasteiger partial charge in [0, 0.05) is 0 Å². The molecule has 0 spiro atoms. The van der Waals surface area contributed by atoms with E-state index in [1.165, 1.54) is 0 Å². The van der Waals surface area contributed by atoms with Gasteiger partial charge in [-0.05, 0) is 18.8 Å². The molecule has 1 unspecified atom stereocenters. The summed E-state index contributed by atoms with van der Waals surface area (Å²) in [7, 11) is 0. The molecule has 1 N–H and O–H groups in total. The van der Waals surface area contributed by atoms with Crippen molar-refractivity contribution in [2.45, 2.75) is 32.8 Å². The van der Waals surface area contributed by atoms with Gasteiger partial charge in [0.2, 0.25) is 0 Å². The van der Waals surface area contributed by atoms with Gasteiger partial charge >= 0.3 is 0 Å². The first-order valence-electron chi connectivity index (χ1n) is 3.51. The van der Waals surface area contributed by atoms with Crippen LogP contribution in [0, 0.1) is 5.92 Å². The van der Waals surface area contributed by atoms with E-state index < -0.39 is 0 Å². The summed E-state index contributed by atoms with van der Waals surface area (Å²) < 4.78 is 0. The molecule has 1 nitrogen and oxygen atoms in total. The molecule has 54 valence electrons. The van der Waals surface area contributed by atoms with Gasteiger partial charge in [0.05, 0.1) is 6.10 Å². The summed E-state index contributed by atoms with van der Waals surface area (Å²) in [5.41, 5.74) is 0. The van der Waals surface area contributed by atoms with Crippen molar-refractivity contribution in [1.82, 2.24) is 0 Å². The molecular formula is C8H16O. The third-order valence-electron chi connectivity index (χ3n) is 1.61. The van der Waals surface area contributed by atoms with Crippen LogP contribution in [-0.4, -0.2) is 11.2 Å². The fourth-order valence-corrected chi connectivity index (χ4v) is 0.822. The van der Waals surface area contributed by atoms with E-state index in [4.69, 9.17) is 0 Å². The largest absolute Gasteiger partial charge is 0.393 e. The van der Waals surface area contributed by atoms with Crippen LogP contribution in [0.25, 0.3) is 0 Å². The van der Waals surface area contributed by atoms with Gasteiger partial charge in [0.15, 0.2) is 0 Å². The van der Waals surface area contributed by atoms with Gasteiger partial charge in [-0.15, -0.1) is 6.58 Å². The smallest absolute Gasteiger partial charge is 0.0566 e. The number of allylic oxidation sites excluding steroid dienone is 1. The molecule has 9 heavy (non-hydrogen) atoms. The molecule has 0 aliphatic heterocycles. The first kappa shape index (κ1) is 8.70. The maximum Gasteiger partial charge on any atom is 0.0566 e. The minimum Gasteiger partial charge on any atom is -0.393 e. The SMILES string of the molecule is C=CC[C@@H](C)C(O)CC. The highest BCUT2D eigenvalue weighted by atomic mass is 16.3. The Kier molecular flexibility index (Phi) is 4.41.